The molecule has 1 aromatic heterocycles. The van der Waals surface area contributed by atoms with E-state index in [1.54, 1.807) is 47.0 Å². The molecule has 0 aliphatic rings. The second-order valence-electron chi connectivity index (χ2n) is 6.14. The minimum Gasteiger partial charge on any atom is -0.342 e. The Morgan fingerprint density at radius 1 is 1.18 bits per heavy atom. The number of nitro groups is 1. The van der Waals surface area contributed by atoms with Gasteiger partial charge in [0.05, 0.1) is 11.0 Å². The van der Waals surface area contributed by atoms with Crippen LogP contribution in [0.1, 0.15) is 34.7 Å². The summed E-state index contributed by atoms with van der Waals surface area (Å²) in [5.74, 6) is 0.813. The molecule has 9 heteroatoms. The summed E-state index contributed by atoms with van der Waals surface area (Å²) in [6.07, 6.45) is 0. The van der Waals surface area contributed by atoms with Crippen LogP contribution in [0.2, 0.25) is 0 Å². The first-order chi connectivity index (χ1) is 13.5. The molecule has 1 amide bonds. The van der Waals surface area contributed by atoms with E-state index in [1.165, 1.54) is 17.8 Å². The number of benzene rings is 2. The standard InChI is InChI=1S/C19H19N5O3S/c1-13(20-18(25)14-8-4-3-5-9-14)17-21-22-19(23(17)2)28-12-15-10-6-7-11-16(15)24(26)27/h3-11,13H,12H2,1-2H3,(H,20,25). The van der Waals surface area contributed by atoms with Crippen molar-refractivity contribution in [2.24, 2.45) is 7.05 Å². The van der Waals surface area contributed by atoms with E-state index in [1.807, 2.05) is 20.0 Å². The zero-order chi connectivity index (χ0) is 20.1. The van der Waals surface area contributed by atoms with Gasteiger partial charge in [0, 0.05) is 30.0 Å². The number of nitrogens with zero attached hydrogens (tertiary/aromatic N) is 4. The fourth-order valence-corrected chi connectivity index (χ4v) is 3.63. The van der Waals surface area contributed by atoms with E-state index in [4.69, 9.17) is 0 Å². The maximum absolute atomic E-state index is 12.3. The van der Waals surface area contributed by atoms with Gasteiger partial charge in [-0.1, -0.05) is 48.2 Å². The quantitative estimate of drug-likeness (QED) is 0.372. The zero-order valence-electron chi connectivity index (χ0n) is 15.4. The second-order valence-corrected chi connectivity index (χ2v) is 7.08. The van der Waals surface area contributed by atoms with Gasteiger partial charge in [0.25, 0.3) is 11.6 Å². The van der Waals surface area contributed by atoms with Crippen LogP contribution in [0.25, 0.3) is 0 Å². The number of hydrogen-bond acceptors (Lipinski definition) is 6. The minimum atomic E-state index is -0.390. The third kappa shape index (κ3) is 4.37. The molecular formula is C19H19N5O3S. The number of nitrogens with one attached hydrogen (secondary N) is 1. The Kier molecular flexibility index (Phi) is 6.05. The molecule has 3 aromatic rings. The van der Waals surface area contributed by atoms with Crippen LogP contribution in [0, 0.1) is 10.1 Å². The molecule has 0 saturated heterocycles. The van der Waals surface area contributed by atoms with Gasteiger partial charge in [-0.25, -0.2) is 0 Å². The van der Waals surface area contributed by atoms with Gasteiger partial charge in [-0.3, -0.25) is 14.9 Å². The first-order valence-corrected chi connectivity index (χ1v) is 9.56. The number of aromatic nitrogens is 3. The summed E-state index contributed by atoms with van der Waals surface area (Å²) in [5.41, 5.74) is 1.27. The highest BCUT2D eigenvalue weighted by atomic mass is 32.2. The van der Waals surface area contributed by atoms with Crippen LogP contribution in [0.3, 0.4) is 0 Å². The molecule has 0 aliphatic carbocycles. The molecule has 0 bridgehead atoms. The number of rotatable bonds is 7. The highest BCUT2D eigenvalue weighted by Crippen LogP contribution is 2.27. The Hall–Kier alpha value is -3.20. The maximum Gasteiger partial charge on any atom is 0.273 e. The molecular weight excluding hydrogens is 378 g/mol. The summed E-state index contributed by atoms with van der Waals surface area (Å²) < 4.78 is 1.79. The average Bonchev–Trinajstić information content (AvgIpc) is 3.07. The fourth-order valence-electron chi connectivity index (χ4n) is 2.72. The van der Waals surface area contributed by atoms with E-state index < -0.39 is 0 Å². The molecule has 3 rings (SSSR count). The molecule has 0 aliphatic heterocycles. The summed E-state index contributed by atoms with van der Waals surface area (Å²) in [6.45, 7) is 1.83. The van der Waals surface area contributed by atoms with Crippen LogP contribution in [-0.4, -0.2) is 25.6 Å². The van der Waals surface area contributed by atoms with Crippen LogP contribution < -0.4 is 5.32 Å². The van der Waals surface area contributed by atoms with Crippen molar-refractivity contribution in [1.82, 2.24) is 20.1 Å². The lowest BCUT2D eigenvalue weighted by Gasteiger charge is -2.13. The maximum atomic E-state index is 12.3. The number of carbonyl (C=O) groups is 1. The molecule has 0 fully saturated rings. The molecule has 28 heavy (non-hydrogen) atoms. The largest absolute Gasteiger partial charge is 0.342 e. The lowest BCUT2D eigenvalue weighted by atomic mass is 10.2. The molecule has 1 atom stereocenters. The third-order valence-electron chi connectivity index (χ3n) is 4.18. The topological polar surface area (TPSA) is 103 Å². The van der Waals surface area contributed by atoms with Crippen LogP contribution in [0.15, 0.2) is 59.8 Å². The van der Waals surface area contributed by atoms with Crippen molar-refractivity contribution < 1.29 is 9.72 Å². The van der Waals surface area contributed by atoms with Crippen molar-refractivity contribution in [2.45, 2.75) is 23.9 Å². The Bertz CT molecular complexity index is 990. The van der Waals surface area contributed by atoms with Crippen LogP contribution in [-0.2, 0) is 12.8 Å². The van der Waals surface area contributed by atoms with Gasteiger partial charge in [0.2, 0.25) is 0 Å². The molecule has 1 unspecified atom stereocenters. The van der Waals surface area contributed by atoms with Gasteiger partial charge >= 0.3 is 0 Å². The van der Waals surface area contributed by atoms with E-state index >= 15 is 0 Å². The molecule has 2 aromatic carbocycles. The predicted molar refractivity (Wildman–Crippen MR) is 106 cm³/mol. The predicted octanol–water partition coefficient (Wildman–Crippen LogP) is 3.51. The number of thioether (sulfide) groups is 1. The van der Waals surface area contributed by atoms with Gasteiger partial charge < -0.3 is 9.88 Å². The van der Waals surface area contributed by atoms with Crippen molar-refractivity contribution in [1.29, 1.82) is 0 Å². The van der Waals surface area contributed by atoms with Gasteiger partial charge in [0.15, 0.2) is 11.0 Å². The Morgan fingerprint density at radius 3 is 2.57 bits per heavy atom. The number of amides is 1. The van der Waals surface area contributed by atoms with Crippen LogP contribution in [0.5, 0.6) is 0 Å². The first kappa shape index (κ1) is 19.6. The number of nitro benzene ring substituents is 1. The summed E-state index contributed by atoms with van der Waals surface area (Å²) in [7, 11) is 1.81. The number of para-hydroxylation sites is 1. The van der Waals surface area contributed by atoms with E-state index in [9.17, 15) is 14.9 Å². The van der Waals surface area contributed by atoms with Crippen molar-refractivity contribution in [3.63, 3.8) is 0 Å². The first-order valence-electron chi connectivity index (χ1n) is 8.57. The molecule has 0 saturated carbocycles. The Morgan fingerprint density at radius 2 is 1.86 bits per heavy atom. The molecule has 1 heterocycles. The lowest BCUT2D eigenvalue weighted by Crippen LogP contribution is -2.28. The van der Waals surface area contributed by atoms with Gasteiger partial charge in [-0.2, -0.15) is 0 Å². The fraction of sp³-hybridized carbons (Fsp3) is 0.211. The van der Waals surface area contributed by atoms with Gasteiger partial charge in [0.1, 0.15) is 0 Å². The van der Waals surface area contributed by atoms with Gasteiger partial charge in [-0.05, 0) is 19.1 Å². The summed E-state index contributed by atoms with van der Waals surface area (Å²) in [5, 5.41) is 23.0. The normalized spacial score (nSPS) is 11.8. The van der Waals surface area contributed by atoms with Crippen molar-refractivity contribution in [2.75, 3.05) is 0 Å². The highest BCUT2D eigenvalue weighted by molar-refractivity contribution is 7.98. The lowest BCUT2D eigenvalue weighted by molar-refractivity contribution is -0.385. The molecule has 0 spiro atoms. The van der Waals surface area contributed by atoms with E-state index in [0.717, 1.165) is 0 Å². The van der Waals surface area contributed by atoms with E-state index in [0.29, 0.717) is 27.9 Å². The van der Waals surface area contributed by atoms with Crippen LogP contribution >= 0.6 is 11.8 Å². The summed E-state index contributed by atoms with van der Waals surface area (Å²) in [6, 6.07) is 15.2. The molecule has 8 nitrogen and oxygen atoms in total. The van der Waals surface area contributed by atoms with Gasteiger partial charge in [-0.15, -0.1) is 10.2 Å². The van der Waals surface area contributed by atoms with Crippen LogP contribution in [0.4, 0.5) is 5.69 Å². The summed E-state index contributed by atoms with van der Waals surface area (Å²) in [4.78, 5) is 23.1. The molecule has 144 valence electrons. The SMILES string of the molecule is CC(NC(=O)c1ccccc1)c1nnc(SCc2ccccc2[N+](=O)[O-])n1C. The van der Waals surface area contributed by atoms with Crippen molar-refractivity contribution in [3.8, 4) is 0 Å². The molecule has 1 N–H and O–H groups in total. The monoisotopic (exact) mass is 397 g/mol. The minimum absolute atomic E-state index is 0.0842. The Labute approximate surface area is 166 Å². The number of hydrogen-bond donors (Lipinski definition) is 1. The average molecular weight is 397 g/mol. The second kappa shape index (κ2) is 8.66. The zero-order valence-corrected chi connectivity index (χ0v) is 16.2. The third-order valence-corrected chi connectivity index (χ3v) is 5.25. The summed E-state index contributed by atoms with van der Waals surface area (Å²) >= 11 is 1.36. The van der Waals surface area contributed by atoms with E-state index in [-0.39, 0.29) is 22.6 Å². The van der Waals surface area contributed by atoms with Crippen molar-refractivity contribution in [3.05, 3.63) is 81.7 Å². The number of carbonyl (C=O) groups excluding carboxylic acids is 1. The molecule has 0 radical (unpaired) electrons. The highest BCUT2D eigenvalue weighted by Gasteiger charge is 2.19. The Balaban J connectivity index is 1.68. The smallest absolute Gasteiger partial charge is 0.273 e. The van der Waals surface area contributed by atoms with Crippen molar-refractivity contribution >= 4 is 23.4 Å². The van der Waals surface area contributed by atoms with E-state index in [2.05, 4.69) is 15.5 Å².